The molecule has 0 spiro atoms. The summed E-state index contributed by atoms with van der Waals surface area (Å²) < 4.78 is 8.01. The Bertz CT molecular complexity index is 846. The molecule has 9 heteroatoms. The average molecular weight is 360 g/mol. The lowest BCUT2D eigenvalue weighted by Crippen LogP contribution is -2.32. The summed E-state index contributed by atoms with van der Waals surface area (Å²) in [5, 5.41) is 13.8. The van der Waals surface area contributed by atoms with Crippen molar-refractivity contribution in [2.24, 2.45) is 0 Å². The van der Waals surface area contributed by atoms with Crippen molar-refractivity contribution in [1.29, 1.82) is 0 Å². The predicted octanol–water partition coefficient (Wildman–Crippen LogP) is 2.81. The number of hydrogen-bond donors (Lipinski definition) is 2. The van der Waals surface area contributed by atoms with Crippen molar-refractivity contribution in [2.75, 3.05) is 19.0 Å². The maximum atomic E-state index is 12.3. The van der Waals surface area contributed by atoms with E-state index in [4.69, 9.17) is 4.74 Å². The fourth-order valence-electron chi connectivity index (χ4n) is 2.51. The predicted molar refractivity (Wildman–Crippen MR) is 96.7 cm³/mol. The molecule has 3 aromatic rings. The molecule has 0 aliphatic heterocycles. The maximum Gasteiger partial charge on any atom is 0.319 e. The summed E-state index contributed by atoms with van der Waals surface area (Å²) in [6.45, 7) is 3.29. The Kier molecular flexibility index (Phi) is 5.56. The van der Waals surface area contributed by atoms with E-state index in [0.29, 0.717) is 12.4 Å². The SMILES string of the molecule is COCCCn1cnnc1[C@H](C)NC(=O)Nc1ccc2ncsc2c1. The Labute approximate surface area is 149 Å². The Balaban J connectivity index is 1.59. The van der Waals surface area contributed by atoms with Gasteiger partial charge in [0.15, 0.2) is 5.82 Å². The zero-order valence-electron chi connectivity index (χ0n) is 14.1. The van der Waals surface area contributed by atoms with Crippen LogP contribution in [0, 0.1) is 0 Å². The normalized spacial score (nSPS) is 12.2. The van der Waals surface area contributed by atoms with Gasteiger partial charge in [-0.3, -0.25) is 0 Å². The number of anilines is 1. The van der Waals surface area contributed by atoms with Gasteiger partial charge in [-0.05, 0) is 31.5 Å². The number of nitrogens with zero attached hydrogens (tertiary/aromatic N) is 4. The van der Waals surface area contributed by atoms with E-state index in [1.165, 1.54) is 11.3 Å². The molecule has 3 rings (SSSR count). The molecule has 2 heterocycles. The number of benzene rings is 1. The number of ether oxygens (including phenoxy) is 1. The quantitative estimate of drug-likeness (QED) is 0.632. The van der Waals surface area contributed by atoms with Crippen molar-refractivity contribution in [2.45, 2.75) is 25.9 Å². The minimum Gasteiger partial charge on any atom is -0.385 e. The highest BCUT2D eigenvalue weighted by Gasteiger charge is 2.15. The Morgan fingerprint density at radius 3 is 3.16 bits per heavy atom. The second kappa shape index (κ2) is 8.04. The molecule has 8 nitrogen and oxygen atoms in total. The zero-order valence-corrected chi connectivity index (χ0v) is 14.9. The maximum absolute atomic E-state index is 12.3. The number of hydrogen-bond acceptors (Lipinski definition) is 6. The summed E-state index contributed by atoms with van der Waals surface area (Å²) in [5.74, 6) is 0.712. The van der Waals surface area contributed by atoms with Gasteiger partial charge in [-0.15, -0.1) is 21.5 Å². The van der Waals surface area contributed by atoms with Crippen molar-refractivity contribution < 1.29 is 9.53 Å². The van der Waals surface area contributed by atoms with Crippen LogP contribution in [0.25, 0.3) is 10.2 Å². The molecule has 0 radical (unpaired) electrons. The lowest BCUT2D eigenvalue weighted by atomic mass is 10.3. The van der Waals surface area contributed by atoms with E-state index in [9.17, 15) is 4.79 Å². The molecule has 2 N–H and O–H groups in total. The highest BCUT2D eigenvalue weighted by molar-refractivity contribution is 7.16. The van der Waals surface area contributed by atoms with Crippen molar-refractivity contribution in [3.8, 4) is 0 Å². The number of fused-ring (bicyclic) bond motifs is 1. The van der Waals surface area contributed by atoms with Gasteiger partial charge < -0.3 is 19.9 Å². The first-order chi connectivity index (χ1) is 12.2. The average Bonchev–Trinajstić information content (AvgIpc) is 3.23. The first kappa shape index (κ1) is 17.3. The van der Waals surface area contributed by atoms with Crippen LogP contribution in [0.3, 0.4) is 0 Å². The van der Waals surface area contributed by atoms with E-state index < -0.39 is 0 Å². The van der Waals surface area contributed by atoms with Crippen LogP contribution < -0.4 is 10.6 Å². The third-order valence-electron chi connectivity index (χ3n) is 3.72. The van der Waals surface area contributed by atoms with Crippen molar-refractivity contribution >= 4 is 33.3 Å². The third kappa shape index (κ3) is 4.31. The van der Waals surface area contributed by atoms with Gasteiger partial charge in [0.25, 0.3) is 0 Å². The summed E-state index contributed by atoms with van der Waals surface area (Å²) in [6, 6.07) is 5.07. The Morgan fingerprint density at radius 1 is 1.44 bits per heavy atom. The van der Waals surface area contributed by atoms with E-state index >= 15 is 0 Å². The van der Waals surface area contributed by atoms with Crippen LogP contribution in [-0.2, 0) is 11.3 Å². The fraction of sp³-hybridized carbons (Fsp3) is 0.375. The monoisotopic (exact) mass is 360 g/mol. The number of aromatic nitrogens is 4. The molecular formula is C16H20N6O2S. The standard InChI is InChI=1S/C16H20N6O2S/c1-11(15-21-18-9-22(15)6-3-7-24-2)19-16(23)20-12-4-5-13-14(8-12)25-10-17-13/h4-5,8-11H,3,6-7H2,1-2H3,(H2,19,20,23)/t11-/m0/s1. The first-order valence-electron chi connectivity index (χ1n) is 7.95. The lowest BCUT2D eigenvalue weighted by molar-refractivity contribution is 0.189. The summed E-state index contributed by atoms with van der Waals surface area (Å²) in [7, 11) is 1.67. The number of aryl methyl sites for hydroxylation is 1. The van der Waals surface area contributed by atoms with Crippen molar-refractivity contribution in [1.82, 2.24) is 25.1 Å². The number of urea groups is 1. The summed E-state index contributed by atoms with van der Waals surface area (Å²) in [5.41, 5.74) is 3.43. The third-order valence-corrected chi connectivity index (χ3v) is 4.51. The van der Waals surface area contributed by atoms with Gasteiger partial charge >= 0.3 is 6.03 Å². The number of carbonyl (C=O) groups excluding carboxylic acids is 1. The number of rotatable bonds is 7. The van der Waals surface area contributed by atoms with E-state index in [1.54, 1.807) is 18.9 Å². The molecule has 0 bridgehead atoms. The van der Waals surface area contributed by atoms with Crippen molar-refractivity contribution in [3.05, 3.63) is 35.9 Å². The van der Waals surface area contributed by atoms with Gasteiger partial charge in [-0.2, -0.15) is 0 Å². The number of thiazole rings is 1. The van der Waals surface area contributed by atoms with E-state index in [1.807, 2.05) is 29.7 Å². The summed E-state index contributed by atoms with van der Waals surface area (Å²) in [4.78, 5) is 16.5. The van der Waals surface area contributed by atoms with Gasteiger partial charge in [0, 0.05) is 25.9 Å². The first-order valence-corrected chi connectivity index (χ1v) is 8.82. The Morgan fingerprint density at radius 2 is 2.32 bits per heavy atom. The second-order valence-electron chi connectivity index (χ2n) is 5.58. The highest BCUT2D eigenvalue weighted by atomic mass is 32.1. The van der Waals surface area contributed by atoms with Gasteiger partial charge in [0.1, 0.15) is 6.33 Å². The number of nitrogens with one attached hydrogen (secondary N) is 2. The van der Waals surface area contributed by atoms with Crippen LogP contribution in [-0.4, -0.2) is 39.5 Å². The van der Waals surface area contributed by atoms with Crippen LogP contribution in [0.15, 0.2) is 30.0 Å². The lowest BCUT2D eigenvalue weighted by Gasteiger charge is -2.15. The van der Waals surface area contributed by atoms with Crippen LogP contribution in [0.4, 0.5) is 10.5 Å². The minimum absolute atomic E-state index is 0.266. The molecule has 0 saturated heterocycles. The molecule has 25 heavy (non-hydrogen) atoms. The fourth-order valence-corrected chi connectivity index (χ4v) is 3.23. The number of carbonyl (C=O) groups is 1. The molecule has 2 aromatic heterocycles. The van der Waals surface area contributed by atoms with Gasteiger partial charge in [0.05, 0.1) is 21.8 Å². The molecule has 0 aliphatic carbocycles. The van der Waals surface area contributed by atoms with Crippen molar-refractivity contribution in [3.63, 3.8) is 0 Å². The number of amides is 2. The molecule has 0 fully saturated rings. The minimum atomic E-state index is -0.289. The Hall–Kier alpha value is -2.52. The van der Waals surface area contributed by atoms with E-state index in [2.05, 4.69) is 25.8 Å². The van der Waals surface area contributed by atoms with Crippen LogP contribution in [0.1, 0.15) is 25.2 Å². The van der Waals surface area contributed by atoms with Crippen LogP contribution in [0.2, 0.25) is 0 Å². The molecule has 0 aliphatic rings. The molecule has 0 unspecified atom stereocenters. The van der Waals surface area contributed by atoms with Gasteiger partial charge in [-0.1, -0.05) is 0 Å². The van der Waals surface area contributed by atoms with Crippen LogP contribution in [0.5, 0.6) is 0 Å². The second-order valence-corrected chi connectivity index (χ2v) is 6.47. The van der Waals surface area contributed by atoms with E-state index in [-0.39, 0.29) is 12.1 Å². The highest BCUT2D eigenvalue weighted by Crippen LogP contribution is 2.21. The summed E-state index contributed by atoms with van der Waals surface area (Å²) >= 11 is 1.54. The molecule has 0 saturated carbocycles. The molecule has 2 amide bonds. The largest absolute Gasteiger partial charge is 0.385 e. The smallest absolute Gasteiger partial charge is 0.319 e. The molecule has 1 atom stereocenters. The summed E-state index contributed by atoms with van der Waals surface area (Å²) in [6.07, 6.45) is 2.52. The topological polar surface area (TPSA) is 94.0 Å². The van der Waals surface area contributed by atoms with Gasteiger partial charge in [-0.25, -0.2) is 9.78 Å². The molecule has 1 aromatic carbocycles. The molecule has 132 valence electrons. The van der Waals surface area contributed by atoms with E-state index in [0.717, 1.165) is 28.9 Å². The van der Waals surface area contributed by atoms with Crippen LogP contribution >= 0.6 is 11.3 Å². The van der Waals surface area contributed by atoms with Gasteiger partial charge in [0.2, 0.25) is 0 Å². The zero-order chi connectivity index (χ0) is 17.6. The molecular weight excluding hydrogens is 340 g/mol. The number of methoxy groups -OCH3 is 1.